The highest BCUT2D eigenvalue weighted by molar-refractivity contribution is 6.31. The Hall–Kier alpha value is -0.770. The third-order valence-corrected chi connectivity index (χ3v) is 4.77. The van der Waals surface area contributed by atoms with Gasteiger partial charge in [0.1, 0.15) is 0 Å². The third kappa shape index (κ3) is 4.12. The van der Waals surface area contributed by atoms with E-state index >= 15 is 0 Å². The molecule has 1 atom stereocenters. The molecule has 0 radical (unpaired) electrons. The lowest BCUT2D eigenvalue weighted by Gasteiger charge is -2.41. The molecular formula is C17H28ClN3. The Kier molecular flexibility index (Phi) is 6.34. The topological polar surface area (TPSA) is 18.5 Å². The summed E-state index contributed by atoms with van der Waals surface area (Å²) in [7, 11) is 2.23. The molecule has 4 heteroatoms. The number of anilines is 1. The van der Waals surface area contributed by atoms with Crippen LogP contribution in [0.15, 0.2) is 18.2 Å². The van der Waals surface area contributed by atoms with E-state index in [2.05, 4.69) is 48.1 Å². The van der Waals surface area contributed by atoms with Crippen molar-refractivity contribution in [1.82, 2.24) is 10.2 Å². The summed E-state index contributed by atoms with van der Waals surface area (Å²) in [6, 6.07) is 6.92. The fourth-order valence-electron chi connectivity index (χ4n) is 3.01. The van der Waals surface area contributed by atoms with E-state index in [9.17, 15) is 0 Å². The highest BCUT2D eigenvalue weighted by atomic mass is 35.5. The zero-order valence-electron chi connectivity index (χ0n) is 13.5. The average Bonchev–Trinajstić information content (AvgIpc) is 2.49. The maximum Gasteiger partial charge on any atom is 0.0471 e. The summed E-state index contributed by atoms with van der Waals surface area (Å²) in [6.07, 6.45) is 2.34. The first-order valence-corrected chi connectivity index (χ1v) is 8.48. The summed E-state index contributed by atoms with van der Waals surface area (Å²) in [6.45, 7) is 9.63. The third-order valence-electron chi connectivity index (χ3n) is 4.41. The predicted molar refractivity (Wildman–Crippen MR) is 92.4 cm³/mol. The van der Waals surface area contributed by atoms with Gasteiger partial charge in [-0.1, -0.05) is 31.5 Å². The number of likely N-dealkylation sites (N-methyl/N-ethyl adjacent to an activating group) is 1. The minimum atomic E-state index is 0.634. The van der Waals surface area contributed by atoms with Gasteiger partial charge in [-0.15, -0.1) is 0 Å². The van der Waals surface area contributed by atoms with Gasteiger partial charge in [0.2, 0.25) is 0 Å². The van der Waals surface area contributed by atoms with Gasteiger partial charge >= 0.3 is 0 Å². The Morgan fingerprint density at radius 3 is 2.81 bits per heavy atom. The molecule has 0 spiro atoms. The van der Waals surface area contributed by atoms with Crippen LogP contribution in [0.3, 0.4) is 0 Å². The normalized spacial score (nSPS) is 20.0. The first-order valence-electron chi connectivity index (χ1n) is 8.10. The lowest BCUT2D eigenvalue weighted by Crippen LogP contribution is -2.51. The molecule has 0 aromatic heterocycles. The van der Waals surface area contributed by atoms with Crippen molar-refractivity contribution in [3.8, 4) is 0 Å². The summed E-state index contributed by atoms with van der Waals surface area (Å²) in [4.78, 5) is 4.97. The van der Waals surface area contributed by atoms with E-state index in [1.54, 1.807) is 0 Å². The molecule has 0 saturated carbocycles. The van der Waals surface area contributed by atoms with Crippen LogP contribution in [0.5, 0.6) is 0 Å². The first-order chi connectivity index (χ1) is 10.2. The van der Waals surface area contributed by atoms with E-state index in [1.165, 1.54) is 17.7 Å². The Labute approximate surface area is 134 Å². The van der Waals surface area contributed by atoms with Crippen LogP contribution in [-0.4, -0.2) is 44.2 Å². The SMILES string of the molecule is CCCNCc1c(Cl)cccc1N1CCN(C)C(CC)C1. The number of rotatable bonds is 6. The fraction of sp³-hybridized carbons (Fsp3) is 0.647. The van der Waals surface area contributed by atoms with Crippen LogP contribution < -0.4 is 10.2 Å². The smallest absolute Gasteiger partial charge is 0.0471 e. The van der Waals surface area contributed by atoms with Crippen LogP contribution >= 0.6 is 11.6 Å². The number of hydrogen-bond donors (Lipinski definition) is 1. The number of piperazine rings is 1. The highest BCUT2D eigenvalue weighted by Gasteiger charge is 2.24. The van der Waals surface area contributed by atoms with Crippen molar-refractivity contribution >= 4 is 17.3 Å². The van der Waals surface area contributed by atoms with Gasteiger partial charge in [-0.05, 0) is 38.6 Å². The number of hydrogen-bond acceptors (Lipinski definition) is 3. The Bertz CT molecular complexity index is 450. The molecule has 0 amide bonds. The number of benzene rings is 1. The number of nitrogens with zero attached hydrogens (tertiary/aromatic N) is 2. The summed E-state index contributed by atoms with van der Waals surface area (Å²) in [5.41, 5.74) is 2.55. The van der Waals surface area contributed by atoms with Crippen molar-refractivity contribution in [1.29, 1.82) is 0 Å². The molecule has 1 heterocycles. The summed E-state index contributed by atoms with van der Waals surface area (Å²) in [5, 5.41) is 4.36. The van der Waals surface area contributed by atoms with E-state index < -0.39 is 0 Å². The Morgan fingerprint density at radius 2 is 2.10 bits per heavy atom. The average molecular weight is 310 g/mol. The lowest BCUT2D eigenvalue weighted by molar-refractivity contribution is 0.213. The minimum Gasteiger partial charge on any atom is -0.368 e. The summed E-state index contributed by atoms with van der Waals surface area (Å²) >= 11 is 6.45. The maximum atomic E-state index is 6.45. The van der Waals surface area contributed by atoms with Gasteiger partial charge in [0, 0.05) is 48.5 Å². The van der Waals surface area contributed by atoms with Crippen LogP contribution in [0.4, 0.5) is 5.69 Å². The molecule has 118 valence electrons. The van der Waals surface area contributed by atoms with Crippen molar-refractivity contribution < 1.29 is 0 Å². The van der Waals surface area contributed by atoms with E-state index in [0.717, 1.165) is 44.2 Å². The second kappa shape index (κ2) is 8.02. The van der Waals surface area contributed by atoms with Crippen molar-refractivity contribution in [2.75, 3.05) is 38.1 Å². The molecule has 2 rings (SSSR count). The molecule has 3 nitrogen and oxygen atoms in total. The predicted octanol–water partition coefficient (Wildman–Crippen LogP) is 3.37. The lowest BCUT2D eigenvalue weighted by atomic mass is 10.1. The highest BCUT2D eigenvalue weighted by Crippen LogP contribution is 2.29. The molecule has 21 heavy (non-hydrogen) atoms. The van der Waals surface area contributed by atoms with Crippen LogP contribution in [0.25, 0.3) is 0 Å². The molecule has 1 N–H and O–H groups in total. The van der Waals surface area contributed by atoms with Gasteiger partial charge in [0.25, 0.3) is 0 Å². The van der Waals surface area contributed by atoms with Gasteiger partial charge in [-0.3, -0.25) is 4.90 Å². The number of halogens is 1. The molecule has 1 unspecified atom stereocenters. The van der Waals surface area contributed by atoms with Crippen LogP contribution in [-0.2, 0) is 6.54 Å². The van der Waals surface area contributed by atoms with Crippen LogP contribution in [0.2, 0.25) is 5.02 Å². The van der Waals surface area contributed by atoms with Gasteiger partial charge in [-0.25, -0.2) is 0 Å². The molecule has 1 aromatic carbocycles. The minimum absolute atomic E-state index is 0.634. The van der Waals surface area contributed by atoms with Gasteiger partial charge in [-0.2, -0.15) is 0 Å². The standard InChI is InChI=1S/C17H28ClN3/c1-4-9-19-12-15-16(18)7-6-8-17(15)21-11-10-20(3)14(5-2)13-21/h6-8,14,19H,4-5,9-13H2,1-3H3. The van der Waals surface area contributed by atoms with E-state index in [0.29, 0.717) is 6.04 Å². The second-order valence-electron chi connectivity index (χ2n) is 5.90. The molecule has 0 aliphatic carbocycles. The van der Waals surface area contributed by atoms with Gasteiger partial charge in [0.05, 0.1) is 0 Å². The molecule has 1 saturated heterocycles. The fourth-order valence-corrected chi connectivity index (χ4v) is 3.25. The zero-order valence-corrected chi connectivity index (χ0v) is 14.3. The molecule has 0 bridgehead atoms. The molecule has 1 aromatic rings. The second-order valence-corrected chi connectivity index (χ2v) is 6.31. The Balaban J connectivity index is 2.16. The van der Waals surface area contributed by atoms with E-state index in [-0.39, 0.29) is 0 Å². The molecule has 1 aliphatic rings. The molecular weight excluding hydrogens is 282 g/mol. The summed E-state index contributed by atoms with van der Waals surface area (Å²) in [5.74, 6) is 0. The molecule has 1 aliphatic heterocycles. The zero-order chi connectivity index (χ0) is 15.2. The Morgan fingerprint density at radius 1 is 1.29 bits per heavy atom. The van der Waals surface area contributed by atoms with E-state index in [1.807, 2.05) is 6.07 Å². The summed E-state index contributed by atoms with van der Waals surface area (Å²) < 4.78 is 0. The van der Waals surface area contributed by atoms with E-state index in [4.69, 9.17) is 11.6 Å². The van der Waals surface area contributed by atoms with Crippen molar-refractivity contribution in [3.63, 3.8) is 0 Å². The van der Waals surface area contributed by atoms with Crippen molar-refractivity contribution in [2.45, 2.75) is 39.3 Å². The molecule has 1 fully saturated rings. The first kappa shape index (κ1) is 16.6. The van der Waals surface area contributed by atoms with Gasteiger partial charge in [0.15, 0.2) is 0 Å². The maximum absolute atomic E-state index is 6.45. The largest absolute Gasteiger partial charge is 0.368 e. The van der Waals surface area contributed by atoms with Gasteiger partial charge < -0.3 is 10.2 Å². The quantitative estimate of drug-likeness (QED) is 0.813. The van der Waals surface area contributed by atoms with Crippen LogP contribution in [0, 0.1) is 0 Å². The number of nitrogens with one attached hydrogen (secondary N) is 1. The van der Waals surface area contributed by atoms with Crippen molar-refractivity contribution in [2.24, 2.45) is 0 Å². The van der Waals surface area contributed by atoms with Crippen molar-refractivity contribution in [3.05, 3.63) is 28.8 Å². The van der Waals surface area contributed by atoms with Crippen LogP contribution in [0.1, 0.15) is 32.3 Å². The monoisotopic (exact) mass is 309 g/mol.